The third-order valence-electron chi connectivity index (χ3n) is 1.63. The number of hydrogen-bond acceptors (Lipinski definition) is 4. The minimum Gasteiger partial charge on any atom is -0.497 e. The highest BCUT2D eigenvalue weighted by molar-refractivity contribution is 8.13. The predicted octanol–water partition coefficient (Wildman–Crippen LogP) is 1.20. The molecular weight excluding hydrogens is 226 g/mol. The van der Waals surface area contributed by atoms with Gasteiger partial charge in [0.15, 0.2) is 0 Å². The van der Waals surface area contributed by atoms with Crippen LogP contribution < -0.4 is 4.74 Å². The highest BCUT2D eigenvalue weighted by Crippen LogP contribution is 2.11. The van der Waals surface area contributed by atoms with Gasteiger partial charge in [0.25, 0.3) is 0 Å². The van der Waals surface area contributed by atoms with Crippen LogP contribution in [0.5, 0.6) is 5.75 Å². The molecule has 1 rings (SSSR count). The number of halogens is 1. The van der Waals surface area contributed by atoms with E-state index >= 15 is 0 Å². The summed E-state index contributed by atoms with van der Waals surface area (Å²) in [5, 5.41) is 0. The Morgan fingerprint density at radius 3 is 2.86 bits per heavy atom. The number of hydrogen-bond donors (Lipinski definition) is 0. The van der Waals surface area contributed by atoms with Crippen molar-refractivity contribution in [3.63, 3.8) is 0 Å². The molecule has 0 radical (unpaired) electrons. The van der Waals surface area contributed by atoms with Gasteiger partial charge < -0.3 is 4.74 Å². The van der Waals surface area contributed by atoms with Gasteiger partial charge in [0.05, 0.1) is 12.9 Å². The van der Waals surface area contributed by atoms with Gasteiger partial charge in [-0.2, -0.15) is 0 Å². The quantitative estimate of drug-likeness (QED) is 0.736. The van der Waals surface area contributed by atoms with E-state index in [4.69, 9.17) is 15.4 Å². The molecule has 0 saturated carbocycles. The summed E-state index contributed by atoms with van der Waals surface area (Å²) in [6.07, 6.45) is 1.86. The van der Waals surface area contributed by atoms with Gasteiger partial charge in [-0.1, -0.05) is 0 Å². The lowest BCUT2D eigenvalue weighted by Crippen LogP contribution is -2.02. The highest BCUT2D eigenvalue weighted by atomic mass is 35.7. The number of aryl methyl sites for hydroxylation is 1. The molecule has 0 aromatic carbocycles. The Morgan fingerprint density at radius 2 is 2.29 bits per heavy atom. The van der Waals surface area contributed by atoms with E-state index in [2.05, 4.69) is 4.98 Å². The minimum absolute atomic E-state index is 0.116. The van der Waals surface area contributed by atoms with Crippen LogP contribution in [0.15, 0.2) is 18.3 Å². The van der Waals surface area contributed by atoms with E-state index in [-0.39, 0.29) is 5.75 Å². The maximum atomic E-state index is 10.7. The minimum atomic E-state index is -3.45. The molecule has 0 atom stereocenters. The van der Waals surface area contributed by atoms with E-state index in [1.165, 1.54) is 7.11 Å². The lowest BCUT2D eigenvalue weighted by atomic mass is 10.3. The second-order valence-electron chi connectivity index (χ2n) is 2.68. The molecule has 0 fully saturated rings. The topological polar surface area (TPSA) is 56.3 Å². The molecule has 1 aromatic heterocycles. The van der Waals surface area contributed by atoms with Crippen molar-refractivity contribution in [3.05, 3.63) is 24.0 Å². The second kappa shape index (κ2) is 4.61. The molecule has 0 aliphatic rings. The standard InChI is InChI=1S/C8H10ClNO3S/c1-13-8-2-4-10-7(6-8)3-5-14(9,11)12/h2,4,6H,3,5H2,1H3. The monoisotopic (exact) mass is 235 g/mol. The van der Waals surface area contributed by atoms with Gasteiger partial charge in [0.2, 0.25) is 9.05 Å². The van der Waals surface area contributed by atoms with Gasteiger partial charge in [0.1, 0.15) is 5.75 Å². The van der Waals surface area contributed by atoms with Crippen LogP contribution in [0.1, 0.15) is 5.69 Å². The Morgan fingerprint density at radius 1 is 1.57 bits per heavy atom. The van der Waals surface area contributed by atoms with Gasteiger partial charge in [0, 0.05) is 35.1 Å². The smallest absolute Gasteiger partial charge is 0.232 e. The largest absolute Gasteiger partial charge is 0.497 e. The summed E-state index contributed by atoms with van der Waals surface area (Å²) in [6, 6.07) is 3.38. The predicted molar refractivity (Wildman–Crippen MR) is 54.1 cm³/mol. The first-order valence-electron chi connectivity index (χ1n) is 3.92. The molecule has 0 aliphatic carbocycles. The summed E-state index contributed by atoms with van der Waals surface area (Å²) in [7, 11) is 3.16. The number of aromatic nitrogens is 1. The molecule has 1 heterocycles. The molecule has 6 heteroatoms. The number of nitrogens with zero attached hydrogens (tertiary/aromatic N) is 1. The number of rotatable bonds is 4. The Bertz CT molecular complexity index is 405. The lowest BCUT2D eigenvalue weighted by molar-refractivity contribution is 0.413. The zero-order valence-corrected chi connectivity index (χ0v) is 9.18. The summed E-state index contributed by atoms with van der Waals surface area (Å²) in [5.41, 5.74) is 0.647. The fourth-order valence-corrected chi connectivity index (χ4v) is 1.63. The first-order chi connectivity index (χ1) is 6.51. The van der Waals surface area contributed by atoms with E-state index in [0.717, 1.165) is 0 Å². The van der Waals surface area contributed by atoms with E-state index in [1.54, 1.807) is 18.3 Å². The van der Waals surface area contributed by atoms with Crippen molar-refractivity contribution in [2.45, 2.75) is 6.42 Å². The molecule has 0 saturated heterocycles. The molecule has 78 valence electrons. The van der Waals surface area contributed by atoms with Crippen molar-refractivity contribution in [1.29, 1.82) is 0 Å². The van der Waals surface area contributed by atoms with Crippen LogP contribution in [0.4, 0.5) is 0 Å². The SMILES string of the molecule is COc1ccnc(CCS(=O)(=O)Cl)c1. The molecule has 0 bridgehead atoms. The molecule has 1 aromatic rings. The van der Waals surface area contributed by atoms with Gasteiger partial charge in [-0.15, -0.1) is 0 Å². The lowest BCUT2D eigenvalue weighted by Gasteiger charge is -2.01. The molecule has 14 heavy (non-hydrogen) atoms. The summed E-state index contributed by atoms with van der Waals surface area (Å²) in [5.74, 6) is 0.538. The van der Waals surface area contributed by atoms with Gasteiger partial charge in [-0.05, 0) is 6.07 Å². The van der Waals surface area contributed by atoms with Gasteiger partial charge in [-0.3, -0.25) is 4.98 Å². The van der Waals surface area contributed by atoms with Crippen molar-refractivity contribution < 1.29 is 13.2 Å². The maximum Gasteiger partial charge on any atom is 0.232 e. The maximum absolute atomic E-state index is 10.7. The molecular formula is C8H10ClNO3S. The van der Waals surface area contributed by atoms with E-state index < -0.39 is 9.05 Å². The number of pyridine rings is 1. The first kappa shape index (κ1) is 11.3. The first-order valence-corrected chi connectivity index (χ1v) is 6.40. The Kier molecular flexibility index (Phi) is 3.71. The van der Waals surface area contributed by atoms with E-state index in [1.807, 2.05) is 0 Å². The van der Waals surface area contributed by atoms with Crippen molar-refractivity contribution in [3.8, 4) is 5.75 Å². The van der Waals surface area contributed by atoms with E-state index in [0.29, 0.717) is 17.9 Å². The van der Waals surface area contributed by atoms with Crippen LogP contribution in [0.3, 0.4) is 0 Å². The van der Waals surface area contributed by atoms with Crippen molar-refractivity contribution in [1.82, 2.24) is 4.98 Å². The molecule has 0 spiro atoms. The van der Waals surface area contributed by atoms with Crippen LogP contribution in [-0.4, -0.2) is 26.3 Å². The van der Waals surface area contributed by atoms with Crippen molar-refractivity contribution >= 4 is 19.7 Å². The Balaban J connectivity index is 2.68. The second-order valence-corrected chi connectivity index (χ2v) is 5.58. The third kappa shape index (κ3) is 3.93. The van der Waals surface area contributed by atoms with Gasteiger partial charge in [-0.25, -0.2) is 8.42 Å². The van der Waals surface area contributed by atoms with Crippen molar-refractivity contribution in [2.24, 2.45) is 0 Å². The van der Waals surface area contributed by atoms with Crippen molar-refractivity contribution in [2.75, 3.05) is 12.9 Å². The summed E-state index contributed by atoms with van der Waals surface area (Å²) in [4.78, 5) is 3.99. The third-order valence-corrected chi connectivity index (χ3v) is 2.78. The molecule has 4 nitrogen and oxygen atoms in total. The zero-order valence-electron chi connectivity index (χ0n) is 7.60. The average molecular weight is 236 g/mol. The summed E-state index contributed by atoms with van der Waals surface area (Å²) in [6.45, 7) is 0. The molecule has 0 aliphatic heterocycles. The fraction of sp³-hybridized carbons (Fsp3) is 0.375. The Labute approximate surface area is 87.3 Å². The molecule has 0 unspecified atom stereocenters. The molecule has 0 amide bonds. The number of methoxy groups -OCH3 is 1. The van der Waals surface area contributed by atoms with E-state index in [9.17, 15) is 8.42 Å². The van der Waals surface area contributed by atoms with Crippen LogP contribution in [0.25, 0.3) is 0 Å². The molecule has 0 N–H and O–H groups in total. The van der Waals surface area contributed by atoms with Gasteiger partial charge >= 0.3 is 0 Å². The Hall–Kier alpha value is -0.810. The normalized spacial score (nSPS) is 11.3. The highest BCUT2D eigenvalue weighted by Gasteiger charge is 2.06. The van der Waals surface area contributed by atoms with Crippen LogP contribution in [0, 0.1) is 0 Å². The van der Waals surface area contributed by atoms with Crippen LogP contribution in [-0.2, 0) is 15.5 Å². The van der Waals surface area contributed by atoms with Crippen LogP contribution >= 0.6 is 10.7 Å². The number of ether oxygens (including phenoxy) is 1. The summed E-state index contributed by atoms with van der Waals surface area (Å²) >= 11 is 0. The average Bonchev–Trinajstić information content (AvgIpc) is 2.14. The van der Waals surface area contributed by atoms with Crippen LogP contribution in [0.2, 0.25) is 0 Å². The summed E-state index contributed by atoms with van der Waals surface area (Å²) < 4.78 is 26.3. The zero-order chi connectivity index (χ0) is 10.6. The fourth-order valence-electron chi connectivity index (χ4n) is 0.946.